The van der Waals surface area contributed by atoms with Gasteiger partial charge in [0.2, 0.25) is 5.91 Å². The summed E-state index contributed by atoms with van der Waals surface area (Å²) in [5.41, 5.74) is 2.16. The van der Waals surface area contributed by atoms with Crippen molar-refractivity contribution in [1.82, 2.24) is 15.1 Å². The van der Waals surface area contributed by atoms with Crippen molar-refractivity contribution in [2.45, 2.75) is 26.3 Å². The maximum atomic E-state index is 13.0. The molecule has 8 nitrogen and oxygen atoms in total. The van der Waals surface area contributed by atoms with Gasteiger partial charge < -0.3 is 19.7 Å². The lowest BCUT2D eigenvalue weighted by molar-refractivity contribution is -0.125. The van der Waals surface area contributed by atoms with E-state index < -0.39 is 0 Å². The van der Waals surface area contributed by atoms with Gasteiger partial charge in [-0.15, -0.1) is 5.10 Å². The van der Waals surface area contributed by atoms with Gasteiger partial charge in [-0.2, -0.15) is 4.68 Å². The van der Waals surface area contributed by atoms with Crippen molar-refractivity contribution in [3.8, 4) is 17.2 Å². The quantitative estimate of drug-likeness (QED) is 0.536. The molecule has 1 amide bonds. The Balaban J connectivity index is 1.46. The van der Waals surface area contributed by atoms with Crippen LogP contribution in [0.4, 0.5) is 5.82 Å². The van der Waals surface area contributed by atoms with Crippen LogP contribution in [0.3, 0.4) is 0 Å². The van der Waals surface area contributed by atoms with Crippen LogP contribution in [0.15, 0.2) is 53.3 Å². The molecule has 0 spiro atoms. The molecular weight excluding hydrogens is 468 g/mol. The monoisotopic (exact) mass is 496 g/mol. The highest BCUT2D eigenvalue weighted by Crippen LogP contribution is 2.26. The molecule has 2 aromatic carbocycles. The number of nitrogens with zero attached hydrogens (tertiary/aromatic N) is 3. The third-order valence-corrected chi connectivity index (χ3v) is 6.66. The van der Waals surface area contributed by atoms with Gasteiger partial charge in [0.15, 0.2) is 0 Å². The number of methoxy groups -OCH3 is 2. The predicted octanol–water partition coefficient (Wildman–Crippen LogP) is 3.74. The molecule has 1 atom stereocenters. The number of anilines is 1. The average Bonchev–Trinajstić information content (AvgIpc) is 2.89. The first-order chi connectivity index (χ1) is 16.9. The van der Waals surface area contributed by atoms with Gasteiger partial charge in [-0.1, -0.05) is 17.7 Å². The van der Waals surface area contributed by atoms with E-state index in [9.17, 15) is 9.59 Å². The molecule has 9 heteroatoms. The van der Waals surface area contributed by atoms with Crippen LogP contribution in [0.25, 0.3) is 5.69 Å². The second-order valence-electron chi connectivity index (χ2n) is 8.56. The van der Waals surface area contributed by atoms with E-state index in [-0.39, 0.29) is 17.4 Å². The molecule has 0 radical (unpaired) electrons. The van der Waals surface area contributed by atoms with Gasteiger partial charge in [0.1, 0.15) is 17.3 Å². The van der Waals surface area contributed by atoms with E-state index in [0.29, 0.717) is 41.1 Å². The summed E-state index contributed by atoms with van der Waals surface area (Å²) in [6.45, 7) is 3.55. The number of amides is 1. The molecule has 1 fully saturated rings. The van der Waals surface area contributed by atoms with Gasteiger partial charge in [-0.05, 0) is 55.7 Å². The number of carbonyl (C=O) groups excluding carboxylic acids is 1. The molecule has 184 valence electrons. The van der Waals surface area contributed by atoms with E-state index in [1.807, 2.05) is 36.1 Å². The van der Waals surface area contributed by atoms with Gasteiger partial charge in [0.05, 0.1) is 25.8 Å². The van der Waals surface area contributed by atoms with E-state index in [1.54, 1.807) is 32.4 Å². The number of hydrogen-bond acceptors (Lipinski definition) is 6. The average molecular weight is 497 g/mol. The number of aromatic nitrogens is 2. The van der Waals surface area contributed by atoms with E-state index in [0.717, 1.165) is 30.5 Å². The normalized spacial score (nSPS) is 15.5. The number of rotatable bonds is 7. The Morgan fingerprint density at radius 3 is 2.71 bits per heavy atom. The van der Waals surface area contributed by atoms with E-state index >= 15 is 0 Å². The Labute approximate surface area is 209 Å². The molecule has 4 rings (SSSR count). The van der Waals surface area contributed by atoms with Crippen molar-refractivity contribution in [2.75, 3.05) is 32.2 Å². The summed E-state index contributed by atoms with van der Waals surface area (Å²) >= 11 is 6.25. The number of piperidine rings is 1. The van der Waals surface area contributed by atoms with Gasteiger partial charge in [-0.3, -0.25) is 9.59 Å². The molecule has 0 saturated carbocycles. The van der Waals surface area contributed by atoms with Gasteiger partial charge >= 0.3 is 0 Å². The SMILES string of the molecule is COc1ccc(CNC(=O)C2CCCN(c3ccc(=O)n(-c4ccc(C)c(Cl)c4)n3)C2)c(OC)c1. The Morgan fingerprint density at radius 1 is 1.14 bits per heavy atom. The molecule has 0 aliphatic carbocycles. The fourth-order valence-electron chi connectivity index (χ4n) is 4.19. The second kappa shape index (κ2) is 10.8. The van der Waals surface area contributed by atoms with Crippen LogP contribution in [0.1, 0.15) is 24.0 Å². The summed E-state index contributed by atoms with van der Waals surface area (Å²) in [6, 6.07) is 14.1. The van der Waals surface area contributed by atoms with Gasteiger partial charge in [0, 0.05) is 42.4 Å². The molecular formula is C26H29ClN4O4. The molecule has 2 heterocycles. The van der Waals surface area contributed by atoms with Gasteiger partial charge in [0.25, 0.3) is 5.56 Å². The van der Waals surface area contributed by atoms with Crippen molar-refractivity contribution in [3.05, 3.63) is 75.0 Å². The number of aryl methyl sites for hydroxylation is 1. The fraction of sp³-hybridized carbons (Fsp3) is 0.346. The highest BCUT2D eigenvalue weighted by molar-refractivity contribution is 6.31. The topological polar surface area (TPSA) is 85.7 Å². The smallest absolute Gasteiger partial charge is 0.271 e. The highest BCUT2D eigenvalue weighted by Gasteiger charge is 2.27. The number of hydrogen-bond donors (Lipinski definition) is 1. The number of benzene rings is 2. The summed E-state index contributed by atoms with van der Waals surface area (Å²) in [5.74, 6) is 1.80. The predicted molar refractivity (Wildman–Crippen MR) is 136 cm³/mol. The number of halogens is 1. The summed E-state index contributed by atoms with van der Waals surface area (Å²) in [5, 5.41) is 8.18. The fourth-order valence-corrected chi connectivity index (χ4v) is 4.37. The van der Waals surface area contributed by atoms with Crippen molar-refractivity contribution in [3.63, 3.8) is 0 Å². The largest absolute Gasteiger partial charge is 0.497 e. The molecule has 1 saturated heterocycles. The molecule has 1 aliphatic rings. The van der Waals surface area contributed by atoms with Crippen LogP contribution in [-0.2, 0) is 11.3 Å². The minimum atomic E-state index is -0.242. The minimum Gasteiger partial charge on any atom is -0.497 e. The van der Waals surface area contributed by atoms with E-state index in [2.05, 4.69) is 10.4 Å². The summed E-state index contributed by atoms with van der Waals surface area (Å²) in [4.78, 5) is 27.5. The number of ether oxygens (including phenoxy) is 2. The highest BCUT2D eigenvalue weighted by atomic mass is 35.5. The zero-order valence-corrected chi connectivity index (χ0v) is 20.8. The third-order valence-electron chi connectivity index (χ3n) is 6.25. The van der Waals surface area contributed by atoms with E-state index in [4.69, 9.17) is 21.1 Å². The van der Waals surface area contributed by atoms with Gasteiger partial charge in [-0.25, -0.2) is 0 Å². The lowest BCUT2D eigenvalue weighted by atomic mass is 9.97. The maximum absolute atomic E-state index is 13.0. The molecule has 35 heavy (non-hydrogen) atoms. The molecule has 0 bridgehead atoms. The van der Waals surface area contributed by atoms with Crippen molar-refractivity contribution in [2.24, 2.45) is 5.92 Å². The number of carbonyl (C=O) groups is 1. The standard InChI is InChI=1S/C26H29ClN4O4/c1-17-6-8-20(13-22(17)27)31-25(32)11-10-24(29-31)30-12-4-5-19(16-30)26(33)28-15-18-7-9-21(34-2)14-23(18)35-3/h6-11,13-14,19H,4-5,12,15-16H2,1-3H3,(H,28,33). The first kappa shape index (κ1) is 24.6. The molecule has 3 aromatic rings. The lowest BCUT2D eigenvalue weighted by Gasteiger charge is -2.33. The Kier molecular flexibility index (Phi) is 7.60. The minimum absolute atomic E-state index is 0.0220. The maximum Gasteiger partial charge on any atom is 0.271 e. The van der Waals surface area contributed by atoms with Crippen molar-refractivity contribution in [1.29, 1.82) is 0 Å². The Morgan fingerprint density at radius 2 is 1.97 bits per heavy atom. The van der Waals surface area contributed by atoms with Crippen LogP contribution in [0, 0.1) is 12.8 Å². The molecule has 1 N–H and O–H groups in total. The zero-order chi connectivity index (χ0) is 24.9. The second-order valence-corrected chi connectivity index (χ2v) is 8.96. The van der Waals surface area contributed by atoms with Crippen LogP contribution >= 0.6 is 11.6 Å². The lowest BCUT2D eigenvalue weighted by Crippen LogP contribution is -2.43. The van der Waals surface area contributed by atoms with Crippen LogP contribution in [0.5, 0.6) is 11.5 Å². The summed E-state index contributed by atoms with van der Waals surface area (Å²) in [6.07, 6.45) is 1.64. The van der Waals surface area contributed by atoms with E-state index in [1.165, 1.54) is 10.7 Å². The zero-order valence-electron chi connectivity index (χ0n) is 20.1. The first-order valence-corrected chi connectivity index (χ1v) is 11.9. The molecule has 1 unspecified atom stereocenters. The van der Waals surface area contributed by atoms with Crippen LogP contribution in [0.2, 0.25) is 5.02 Å². The first-order valence-electron chi connectivity index (χ1n) is 11.5. The summed E-state index contributed by atoms with van der Waals surface area (Å²) < 4.78 is 12.0. The van der Waals surface area contributed by atoms with Crippen LogP contribution in [-0.4, -0.2) is 43.0 Å². The summed E-state index contributed by atoms with van der Waals surface area (Å²) in [7, 11) is 3.19. The Hall–Kier alpha value is -3.52. The van der Waals surface area contributed by atoms with Crippen LogP contribution < -0.4 is 25.2 Å². The Bertz CT molecular complexity index is 1280. The number of nitrogens with one attached hydrogen (secondary N) is 1. The molecule has 1 aromatic heterocycles. The third kappa shape index (κ3) is 5.59. The van der Waals surface area contributed by atoms with Crippen molar-refractivity contribution >= 4 is 23.3 Å². The molecule has 1 aliphatic heterocycles. The van der Waals surface area contributed by atoms with Crippen molar-refractivity contribution < 1.29 is 14.3 Å².